The predicted octanol–water partition coefficient (Wildman–Crippen LogP) is 0.228. The van der Waals surface area contributed by atoms with Gasteiger partial charge in [-0.2, -0.15) is 5.10 Å². The molecule has 108 valence electrons. The van der Waals surface area contributed by atoms with Gasteiger partial charge in [-0.3, -0.25) is 4.98 Å². The number of rotatable bonds is 2. The third-order valence-electron chi connectivity index (χ3n) is 4.16. The highest BCUT2D eigenvalue weighted by Crippen LogP contribution is 2.35. The topological polar surface area (TPSA) is 80.4 Å². The molecule has 21 heavy (non-hydrogen) atoms. The van der Waals surface area contributed by atoms with Crippen LogP contribution in [0.4, 0.5) is 0 Å². The van der Waals surface area contributed by atoms with Gasteiger partial charge in [0, 0.05) is 42.0 Å². The van der Waals surface area contributed by atoms with Crippen LogP contribution < -0.4 is 5.46 Å². The van der Waals surface area contributed by atoms with Gasteiger partial charge in [0.15, 0.2) is 0 Å². The molecule has 0 bridgehead atoms. The zero-order chi connectivity index (χ0) is 14.4. The van der Waals surface area contributed by atoms with Crippen LogP contribution in [0.5, 0.6) is 0 Å². The van der Waals surface area contributed by atoms with Crippen LogP contribution in [-0.2, 0) is 11.2 Å². The van der Waals surface area contributed by atoms with Crippen molar-refractivity contribution in [2.45, 2.75) is 31.9 Å². The Bertz CT molecular complexity index is 680. The van der Waals surface area contributed by atoms with Crippen molar-refractivity contribution in [3.63, 3.8) is 0 Å². The predicted molar refractivity (Wildman–Crippen MR) is 76.9 cm³/mol. The van der Waals surface area contributed by atoms with Gasteiger partial charge >= 0.3 is 7.12 Å². The van der Waals surface area contributed by atoms with Crippen LogP contribution in [0.15, 0.2) is 18.5 Å². The molecule has 7 heteroatoms. The fourth-order valence-corrected chi connectivity index (χ4v) is 3.04. The number of nitrogens with zero attached hydrogens (tertiary/aromatic N) is 3. The molecule has 0 radical (unpaired) electrons. The van der Waals surface area contributed by atoms with Crippen LogP contribution in [0.25, 0.3) is 11.3 Å². The molecule has 0 aromatic carbocycles. The largest absolute Gasteiger partial charge is 0.490 e. The molecule has 2 aromatic rings. The molecule has 0 saturated carbocycles. The maximum absolute atomic E-state index is 9.28. The van der Waals surface area contributed by atoms with Crippen LogP contribution in [0.1, 0.15) is 36.7 Å². The molecule has 1 unspecified atom stereocenters. The van der Waals surface area contributed by atoms with E-state index in [1.165, 1.54) is 6.20 Å². The van der Waals surface area contributed by atoms with Crippen LogP contribution in [-0.4, -0.2) is 38.5 Å². The Labute approximate surface area is 122 Å². The van der Waals surface area contributed by atoms with E-state index in [-0.39, 0.29) is 6.23 Å². The lowest BCUT2D eigenvalue weighted by atomic mass is 9.81. The SMILES string of the molecule is OB(O)c1cnc2c(c1)-c1nn(C3CCCCO3)cc1C2. The maximum Gasteiger partial charge on any atom is 0.490 e. The lowest BCUT2D eigenvalue weighted by Crippen LogP contribution is -2.30. The van der Waals surface area contributed by atoms with E-state index in [4.69, 9.17) is 4.74 Å². The number of pyridine rings is 1. The molecule has 0 amide bonds. The van der Waals surface area contributed by atoms with Crippen LogP contribution >= 0.6 is 0 Å². The minimum atomic E-state index is -1.50. The van der Waals surface area contributed by atoms with Gasteiger partial charge in [0.2, 0.25) is 0 Å². The lowest BCUT2D eigenvalue weighted by Gasteiger charge is -2.22. The summed E-state index contributed by atoms with van der Waals surface area (Å²) in [7, 11) is -1.50. The molecule has 1 fully saturated rings. The Morgan fingerprint density at radius 1 is 1.33 bits per heavy atom. The van der Waals surface area contributed by atoms with E-state index in [2.05, 4.69) is 10.1 Å². The quantitative estimate of drug-likeness (QED) is 0.659. The van der Waals surface area contributed by atoms with Gasteiger partial charge in [0.1, 0.15) is 6.23 Å². The first kappa shape index (κ1) is 13.0. The van der Waals surface area contributed by atoms with E-state index in [0.717, 1.165) is 54.8 Å². The first-order valence-corrected chi connectivity index (χ1v) is 7.27. The van der Waals surface area contributed by atoms with Gasteiger partial charge in [-0.1, -0.05) is 0 Å². The molecule has 1 atom stereocenters. The summed E-state index contributed by atoms with van der Waals surface area (Å²) in [5.74, 6) is 0. The Morgan fingerprint density at radius 3 is 3.00 bits per heavy atom. The molecule has 0 spiro atoms. The summed E-state index contributed by atoms with van der Waals surface area (Å²) in [4.78, 5) is 4.31. The third kappa shape index (κ3) is 2.17. The monoisotopic (exact) mass is 285 g/mol. The number of fused-ring (bicyclic) bond motifs is 3. The summed E-state index contributed by atoms with van der Waals surface area (Å²) in [6.07, 6.45) is 7.55. The van der Waals surface area contributed by atoms with E-state index < -0.39 is 7.12 Å². The molecule has 2 aromatic heterocycles. The normalized spacial score (nSPS) is 20.2. The van der Waals surface area contributed by atoms with Crippen molar-refractivity contribution in [2.24, 2.45) is 0 Å². The molecular formula is C14H16BN3O3. The van der Waals surface area contributed by atoms with E-state index in [0.29, 0.717) is 5.46 Å². The third-order valence-corrected chi connectivity index (χ3v) is 4.16. The second-order valence-corrected chi connectivity index (χ2v) is 5.62. The summed E-state index contributed by atoms with van der Waals surface area (Å²) >= 11 is 0. The van der Waals surface area contributed by atoms with Crippen molar-refractivity contribution in [1.29, 1.82) is 0 Å². The average Bonchev–Trinajstić information content (AvgIpc) is 3.05. The highest BCUT2D eigenvalue weighted by Gasteiger charge is 2.27. The molecule has 2 N–H and O–H groups in total. The second kappa shape index (κ2) is 4.94. The maximum atomic E-state index is 9.28. The fourth-order valence-electron chi connectivity index (χ4n) is 3.04. The Kier molecular flexibility index (Phi) is 3.06. The van der Waals surface area contributed by atoms with Gasteiger partial charge in [0.25, 0.3) is 0 Å². The Balaban J connectivity index is 1.70. The molecule has 3 heterocycles. The van der Waals surface area contributed by atoms with Crippen molar-refractivity contribution in [1.82, 2.24) is 14.8 Å². The standard InChI is InChI=1S/C14H16BN3O3/c19-15(20)10-6-11-12(16-7-10)5-9-8-18(17-14(9)11)13-3-1-2-4-21-13/h6-8,13,19-20H,1-5H2. The summed E-state index contributed by atoms with van der Waals surface area (Å²) in [6.45, 7) is 0.786. The Hall–Kier alpha value is -1.70. The number of aromatic nitrogens is 3. The molecule has 1 aliphatic heterocycles. The molecule has 4 rings (SSSR count). The van der Waals surface area contributed by atoms with Gasteiger partial charge in [-0.05, 0) is 25.3 Å². The van der Waals surface area contributed by atoms with Crippen molar-refractivity contribution >= 4 is 12.6 Å². The smallest absolute Gasteiger partial charge is 0.423 e. The number of ether oxygens (including phenoxy) is 1. The molecule has 1 saturated heterocycles. The summed E-state index contributed by atoms with van der Waals surface area (Å²) in [5, 5.41) is 23.2. The van der Waals surface area contributed by atoms with Crippen LogP contribution in [0.2, 0.25) is 0 Å². The first-order valence-electron chi connectivity index (χ1n) is 7.27. The minimum absolute atomic E-state index is 0.0207. The van der Waals surface area contributed by atoms with E-state index in [1.54, 1.807) is 6.07 Å². The molecular weight excluding hydrogens is 269 g/mol. The van der Waals surface area contributed by atoms with Crippen molar-refractivity contribution in [3.8, 4) is 11.3 Å². The van der Waals surface area contributed by atoms with Gasteiger partial charge in [-0.25, -0.2) is 4.68 Å². The highest BCUT2D eigenvalue weighted by molar-refractivity contribution is 6.58. The zero-order valence-electron chi connectivity index (χ0n) is 11.6. The molecule has 2 aliphatic rings. The minimum Gasteiger partial charge on any atom is -0.423 e. The summed E-state index contributed by atoms with van der Waals surface area (Å²) < 4.78 is 7.65. The molecule has 6 nitrogen and oxygen atoms in total. The summed E-state index contributed by atoms with van der Waals surface area (Å²) in [5.41, 5.74) is 4.23. The van der Waals surface area contributed by atoms with Gasteiger partial charge in [-0.15, -0.1) is 0 Å². The van der Waals surface area contributed by atoms with Crippen LogP contribution in [0.3, 0.4) is 0 Å². The number of hydrogen-bond acceptors (Lipinski definition) is 5. The average molecular weight is 285 g/mol. The molecule has 1 aliphatic carbocycles. The second-order valence-electron chi connectivity index (χ2n) is 5.62. The van der Waals surface area contributed by atoms with Crippen LogP contribution in [0, 0.1) is 0 Å². The summed E-state index contributed by atoms with van der Waals surface area (Å²) in [6, 6.07) is 1.76. The highest BCUT2D eigenvalue weighted by atomic mass is 16.5. The van der Waals surface area contributed by atoms with Crippen molar-refractivity contribution in [3.05, 3.63) is 29.7 Å². The lowest BCUT2D eigenvalue weighted by molar-refractivity contribution is -0.0394. The van der Waals surface area contributed by atoms with Gasteiger partial charge in [0.05, 0.1) is 11.4 Å². The van der Waals surface area contributed by atoms with E-state index >= 15 is 0 Å². The first-order chi connectivity index (χ1) is 10.2. The van der Waals surface area contributed by atoms with Gasteiger partial charge < -0.3 is 14.8 Å². The van der Waals surface area contributed by atoms with Crippen molar-refractivity contribution in [2.75, 3.05) is 6.61 Å². The zero-order valence-corrected chi connectivity index (χ0v) is 11.6. The Morgan fingerprint density at radius 2 is 2.24 bits per heavy atom. The van der Waals surface area contributed by atoms with Crippen molar-refractivity contribution < 1.29 is 14.8 Å². The van der Waals surface area contributed by atoms with E-state index in [9.17, 15) is 10.0 Å². The van der Waals surface area contributed by atoms with E-state index in [1.807, 2.05) is 10.9 Å². The number of hydrogen-bond donors (Lipinski definition) is 2. The fraction of sp³-hybridized carbons (Fsp3) is 0.429.